The fraction of sp³-hybridized carbons (Fsp3) is 0.250. The Labute approximate surface area is 174 Å². The first kappa shape index (κ1) is 20.2. The van der Waals surface area contributed by atoms with Crippen molar-refractivity contribution < 1.29 is 27.2 Å². The quantitative estimate of drug-likeness (QED) is 0.552. The average Bonchev–Trinajstić information content (AvgIpc) is 3.29. The standard InChI is InChI=1S/C20H15ClF3N3O3/c21-14-3-1-2-12(10-14)11-27-16(8-9-17(27)28)19-25-18(26-30-19)13-4-6-15(7-5-13)29-20(22,23)24/h1-7,10,16H,8-9,11H2. The minimum atomic E-state index is -4.76. The summed E-state index contributed by atoms with van der Waals surface area (Å²) in [5.41, 5.74) is 1.34. The minimum Gasteiger partial charge on any atom is -0.406 e. The van der Waals surface area contributed by atoms with Crippen molar-refractivity contribution in [3.05, 3.63) is 65.0 Å². The zero-order valence-electron chi connectivity index (χ0n) is 15.4. The molecule has 6 nitrogen and oxygen atoms in total. The van der Waals surface area contributed by atoms with Crippen LogP contribution in [0, 0.1) is 0 Å². The summed E-state index contributed by atoms with van der Waals surface area (Å²) in [6.45, 7) is 0.352. The zero-order chi connectivity index (χ0) is 21.3. The number of hydrogen-bond acceptors (Lipinski definition) is 5. The molecule has 0 aliphatic carbocycles. The van der Waals surface area contributed by atoms with Gasteiger partial charge in [0.1, 0.15) is 11.8 Å². The Bertz CT molecular complexity index is 1050. The van der Waals surface area contributed by atoms with Crippen molar-refractivity contribution in [2.75, 3.05) is 0 Å². The molecule has 2 aromatic carbocycles. The van der Waals surface area contributed by atoms with Crippen LogP contribution < -0.4 is 4.74 Å². The fourth-order valence-electron chi connectivity index (χ4n) is 3.31. The van der Waals surface area contributed by atoms with Gasteiger partial charge in [-0.25, -0.2) is 0 Å². The number of carbonyl (C=O) groups excluding carboxylic acids is 1. The third kappa shape index (κ3) is 4.56. The summed E-state index contributed by atoms with van der Waals surface area (Å²) in [4.78, 5) is 18.4. The molecule has 1 saturated heterocycles. The number of likely N-dealkylation sites (tertiary alicyclic amines) is 1. The Morgan fingerprint density at radius 3 is 2.67 bits per heavy atom. The molecule has 1 aliphatic rings. The molecular weight excluding hydrogens is 423 g/mol. The number of aromatic nitrogens is 2. The Balaban J connectivity index is 1.51. The van der Waals surface area contributed by atoms with Gasteiger partial charge in [0.05, 0.1) is 0 Å². The van der Waals surface area contributed by atoms with Crippen LogP contribution in [0.4, 0.5) is 13.2 Å². The number of ether oxygens (including phenoxy) is 1. The van der Waals surface area contributed by atoms with E-state index in [0.717, 1.165) is 5.56 Å². The topological polar surface area (TPSA) is 68.5 Å². The van der Waals surface area contributed by atoms with Crippen molar-refractivity contribution in [1.29, 1.82) is 0 Å². The molecule has 1 aliphatic heterocycles. The molecule has 156 valence electrons. The van der Waals surface area contributed by atoms with Crippen molar-refractivity contribution >= 4 is 17.5 Å². The molecule has 30 heavy (non-hydrogen) atoms. The average molecular weight is 438 g/mol. The summed E-state index contributed by atoms with van der Waals surface area (Å²) in [7, 11) is 0. The Kier molecular flexibility index (Phi) is 5.38. The smallest absolute Gasteiger partial charge is 0.406 e. The van der Waals surface area contributed by atoms with Gasteiger partial charge in [-0.05, 0) is 48.4 Å². The van der Waals surface area contributed by atoms with Crippen LogP contribution in [-0.2, 0) is 11.3 Å². The molecule has 0 spiro atoms. The lowest BCUT2D eigenvalue weighted by molar-refractivity contribution is -0.274. The molecule has 0 radical (unpaired) electrons. The fourth-order valence-corrected chi connectivity index (χ4v) is 3.53. The summed E-state index contributed by atoms with van der Waals surface area (Å²) in [5.74, 6) is 0.108. The lowest BCUT2D eigenvalue weighted by Crippen LogP contribution is -2.27. The second-order valence-electron chi connectivity index (χ2n) is 6.73. The third-order valence-electron chi connectivity index (χ3n) is 4.64. The highest BCUT2D eigenvalue weighted by atomic mass is 35.5. The number of nitrogens with zero attached hydrogens (tertiary/aromatic N) is 3. The van der Waals surface area contributed by atoms with Crippen LogP contribution in [-0.4, -0.2) is 27.3 Å². The number of benzene rings is 2. The number of rotatable bonds is 5. The first-order valence-electron chi connectivity index (χ1n) is 9.02. The summed E-state index contributed by atoms with van der Waals surface area (Å²) in [6, 6.07) is 12.0. The molecule has 1 fully saturated rings. The van der Waals surface area contributed by atoms with E-state index in [1.165, 1.54) is 24.3 Å². The summed E-state index contributed by atoms with van der Waals surface area (Å²) in [6.07, 6.45) is -3.88. The Hall–Kier alpha value is -3.07. The van der Waals surface area contributed by atoms with Gasteiger partial charge in [-0.2, -0.15) is 4.98 Å². The van der Waals surface area contributed by atoms with Crippen molar-refractivity contribution in [1.82, 2.24) is 15.0 Å². The van der Waals surface area contributed by atoms with Gasteiger partial charge in [0, 0.05) is 23.6 Å². The van der Waals surface area contributed by atoms with E-state index in [4.69, 9.17) is 16.1 Å². The van der Waals surface area contributed by atoms with Crippen LogP contribution in [0.15, 0.2) is 53.1 Å². The number of alkyl halides is 3. The summed E-state index contributed by atoms with van der Waals surface area (Å²) < 4.78 is 46.1. The summed E-state index contributed by atoms with van der Waals surface area (Å²) in [5, 5.41) is 4.49. The van der Waals surface area contributed by atoms with Crippen molar-refractivity contribution in [2.24, 2.45) is 0 Å². The molecule has 10 heteroatoms. The van der Waals surface area contributed by atoms with Crippen LogP contribution in [0.3, 0.4) is 0 Å². The molecule has 1 amide bonds. The van der Waals surface area contributed by atoms with Crippen LogP contribution in [0.25, 0.3) is 11.4 Å². The Morgan fingerprint density at radius 2 is 1.97 bits per heavy atom. The van der Waals surface area contributed by atoms with Gasteiger partial charge >= 0.3 is 6.36 Å². The first-order chi connectivity index (χ1) is 14.3. The molecule has 1 aromatic heterocycles. The van der Waals surface area contributed by atoms with Gasteiger partial charge in [-0.1, -0.05) is 28.9 Å². The van der Waals surface area contributed by atoms with E-state index >= 15 is 0 Å². The van der Waals surface area contributed by atoms with Gasteiger partial charge in [0.25, 0.3) is 0 Å². The highest BCUT2D eigenvalue weighted by molar-refractivity contribution is 6.30. The van der Waals surface area contributed by atoms with E-state index < -0.39 is 6.36 Å². The number of amides is 1. The second kappa shape index (κ2) is 7.98. The number of halogens is 4. The van der Waals surface area contributed by atoms with E-state index in [1.807, 2.05) is 12.1 Å². The maximum atomic E-state index is 12.4. The lowest BCUT2D eigenvalue weighted by atomic mass is 10.1. The molecule has 0 N–H and O–H groups in total. The van der Waals surface area contributed by atoms with Crippen molar-refractivity contribution in [2.45, 2.75) is 31.8 Å². The normalized spacial score (nSPS) is 16.9. The van der Waals surface area contributed by atoms with E-state index in [0.29, 0.717) is 30.0 Å². The molecule has 0 saturated carbocycles. The van der Waals surface area contributed by atoms with Gasteiger partial charge < -0.3 is 14.2 Å². The zero-order valence-corrected chi connectivity index (χ0v) is 16.2. The van der Waals surface area contributed by atoms with E-state index in [2.05, 4.69) is 14.9 Å². The summed E-state index contributed by atoms with van der Waals surface area (Å²) >= 11 is 6.02. The van der Waals surface area contributed by atoms with Gasteiger partial charge in [-0.3, -0.25) is 4.79 Å². The van der Waals surface area contributed by atoms with E-state index in [9.17, 15) is 18.0 Å². The predicted molar refractivity (Wildman–Crippen MR) is 100 cm³/mol. The van der Waals surface area contributed by atoms with Crippen LogP contribution >= 0.6 is 11.6 Å². The predicted octanol–water partition coefficient (Wildman–Crippen LogP) is 5.15. The largest absolute Gasteiger partial charge is 0.573 e. The highest BCUT2D eigenvalue weighted by Gasteiger charge is 2.36. The minimum absolute atomic E-state index is 0.0339. The number of hydrogen-bond donors (Lipinski definition) is 0. The molecule has 1 atom stereocenters. The molecular formula is C20H15ClF3N3O3. The van der Waals surface area contributed by atoms with Gasteiger partial charge in [0.2, 0.25) is 17.6 Å². The van der Waals surface area contributed by atoms with Gasteiger partial charge in [-0.15, -0.1) is 13.2 Å². The maximum Gasteiger partial charge on any atom is 0.573 e. The maximum absolute atomic E-state index is 12.4. The van der Waals surface area contributed by atoms with E-state index in [1.54, 1.807) is 17.0 Å². The second-order valence-corrected chi connectivity index (χ2v) is 7.17. The third-order valence-corrected chi connectivity index (χ3v) is 4.88. The van der Waals surface area contributed by atoms with E-state index in [-0.39, 0.29) is 29.4 Å². The number of carbonyl (C=O) groups is 1. The molecule has 2 heterocycles. The molecule has 0 bridgehead atoms. The van der Waals surface area contributed by atoms with Crippen LogP contribution in [0.1, 0.15) is 30.3 Å². The monoisotopic (exact) mass is 437 g/mol. The van der Waals surface area contributed by atoms with Crippen molar-refractivity contribution in [3.8, 4) is 17.1 Å². The molecule has 4 rings (SSSR count). The van der Waals surface area contributed by atoms with Crippen molar-refractivity contribution in [3.63, 3.8) is 0 Å². The van der Waals surface area contributed by atoms with Crippen LogP contribution in [0.2, 0.25) is 5.02 Å². The molecule has 1 unspecified atom stereocenters. The lowest BCUT2D eigenvalue weighted by Gasteiger charge is -2.22. The van der Waals surface area contributed by atoms with Crippen LogP contribution in [0.5, 0.6) is 5.75 Å². The molecule has 3 aromatic rings. The first-order valence-corrected chi connectivity index (χ1v) is 9.40. The van der Waals surface area contributed by atoms with Gasteiger partial charge in [0.15, 0.2) is 0 Å². The Morgan fingerprint density at radius 1 is 1.20 bits per heavy atom. The SMILES string of the molecule is O=C1CCC(c2nc(-c3ccc(OC(F)(F)F)cc3)no2)N1Cc1cccc(Cl)c1. The highest BCUT2D eigenvalue weighted by Crippen LogP contribution is 2.34.